The normalized spacial score (nSPS) is 22.9. The number of carbonyl (C=O) groups is 1. The molecule has 132 valence electrons. The van der Waals surface area contributed by atoms with E-state index in [0.29, 0.717) is 18.8 Å². The molecule has 0 N–H and O–H groups in total. The van der Waals surface area contributed by atoms with E-state index in [9.17, 15) is 4.79 Å². The third-order valence-electron chi connectivity index (χ3n) is 5.25. The van der Waals surface area contributed by atoms with E-state index in [-0.39, 0.29) is 5.91 Å². The number of furan rings is 1. The van der Waals surface area contributed by atoms with Crippen molar-refractivity contribution >= 4 is 11.7 Å². The summed E-state index contributed by atoms with van der Waals surface area (Å²) < 4.78 is 5.90. The number of anilines is 1. The molecule has 0 unspecified atom stereocenters. The first-order valence-electron chi connectivity index (χ1n) is 9.08. The van der Waals surface area contributed by atoms with E-state index in [1.165, 1.54) is 6.42 Å². The number of amides is 1. The number of aryl methyl sites for hydroxylation is 1. The molecule has 2 fully saturated rings. The lowest BCUT2D eigenvalue weighted by Gasteiger charge is -2.35. The van der Waals surface area contributed by atoms with Crippen LogP contribution in [0.25, 0.3) is 0 Å². The second kappa shape index (κ2) is 6.86. The lowest BCUT2D eigenvalue weighted by Crippen LogP contribution is -2.49. The predicted octanol–water partition coefficient (Wildman–Crippen LogP) is 2.47. The molecule has 4 rings (SSSR count). The lowest BCUT2D eigenvalue weighted by atomic mass is 10.2. The average molecular weight is 340 g/mol. The van der Waals surface area contributed by atoms with E-state index in [2.05, 4.69) is 27.9 Å². The minimum absolute atomic E-state index is 0.205. The van der Waals surface area contributed by atoms with Crippen LogP contribution in [0.5, 0.6) is 0 Å². The fourth-order valence-electron chi connectivity index (χ4n) is 3.47. The SMILES string of the molecule is C[C@@H]1C[C@@H]1c1ccc(CCC(=O)N2CCN(c3cnccn3)CC2)o1. The van der Waals surface area contributed by atoms with Gasteiger partial charge in [-0.05, 0) is 24.5 Å². The zero-order valence-electron chi connectivity index (χ0n) is 14.6. The van der Waals surface area contributed by atoms with Gasteiger partial charge in [-0.15, -0.1) is 0 Å². The molecule has 1 aliphatic heterocycles. The van der Waals surface area contributed by atoms with Crippen molar-refractivity contribution in [2.75, 3.05) is 31.1 Å². The van der Waals surface area contributed by atoms with Crippen LogP contribution in [0.4, 0.5) is 5.82 Å². The van der Waals surface area contributed by atoms with Crippen molar-refractivity contribution in [2.24, 2.45) is 5.92 Å². The van der Waals surface area contributed by atoms with Crippen LogP contribution in [-0.4, -0.2) is 47.0 Å². The summed E-state index contributed by atoms with van der Waals surface area (Å²) >= 11 is 0. The molecule has 3 heterocycles. The Hall–Kier alpha value is -2.37. The Bertz CT molecular complexity index is 722. The number of piperazine rings is 1. The first-order valence-corrected chi connectivity index (χ1v) is 9.08. The minimum Gasteiger partial charge on any atom is -0.466 e. The topological polar surface area (TPSA) is 62.5 Å². The van der Waals surface area contributed by atoms with Gasteiger partial charge in [-0.1, -0.05) is 6.92 Å². The Kier molecular flexibility index (Phi) is 4.42. The van der Waals surface area contributed by atoms with E-state index >= 15 is 0 Å². The maximum atomic E-state index is 12.5. The van der Waals surface area contributed by atoms with Crippen LogP contribution in [-0.2, 0) is 11.2 Å². The molecular weight excluding hydrogens is 316 g/mol. The Morgan fingerprint density at radius 2 is 2.04 bits per heavy atom. The summed E-state index contributed by atoms with van der Waals surface area (Å²) in [6.45, 7) is 5.32. The number of carbonyl (C=O) groups excluding carboxylic acids is 1. The molecule has 0 radical (unpaired) electrons. The fraction of sp³-hybridized carbons (Fsp3) is 0.526. The van der Waals surface area contributed by atoms with Crippen LogP contribution in [0.1, 0.15) is 37.2 Å². The Morgan fingerprint density at radius 3 is 2.72 bits per heavy atom. The highest BCUT2D eigenvalue weighted by Gasteiger charge is 2.36. The fourth-order valence-corrected chi connectivity index (χ4v) is 3.47. The van der Waals surface area contributed by atoms with Crippen LogP contribution in [0, 0.1) is 5.92 Å². The van der Waals surface area contributed by atoms with Gasteiger partial charge in [-0.2, -0.15) is 0 Å². The number of nitrogens with zero attached hydrogens (tertiary/aromatic N) is 4. The molecule has 1 saturated carbocycles. The van der Waals surface area contributed by atoms with Crippen molar-refractivity contribution in [1.82, 2.24) is 14.9 Å². The summed E-state index contributed by atoms with van der Waals surface area (Å²) in [5.74, 6) is 4.45. The molecule has 2 atom stereocenters. The van der Waals surface area contributed by atoms with Crippen molar-refractivity contribution in [3.05, 3.63) is 42.2 Å². The second-order valence-electron chi connectivity index (χ2n) is 7.06. The molecule has 0 aromatic carbocycles. The maximum absolute atomic E-state index is 12.5. The zero-order valence-corrected chi connectivity index (χ0v) is 14.6. The van der Waals surface area contributed by atoms with E-state index in [4.69, 9.17) is 4.42 Å². The van der Waals surface area contributed by atoms with Gasteiger partial charge < -0.3 is 14.2 Å². The third-order valence-corrected chi connectivity index (χ3v) is 5.25. The molecule has 1 saturated heterocycles. The molecule has 2 aromatic rings. The summed E-state index contributed by atoms with van der Waals surface area (Å²) in [6, 6.07) is 4.10. The monoisotopic (exact) mass is 340 g/mol. The van der Waals surface area contributed by atoms with Gasteiger partial charge in [-0.25, -0.2) is 4.98 Å². The third kappa shape index (κ3) is 3.67. The summed E-state index contributed by atoms with van der Waals surface area (Å²) in [6.07, 6.45) is 7.57. The maximum Gasteiger partial charge on any atom is 0.223 e. The largest absolute Gasteiger partial charge is 0.466 e. The van der Waals surface area contributed by atoms with Gasteiger partial charge in [0.25, 0.3) is 0 Å². The summed E-state index contributed by atoms with van der Waals surface area (Å²) in [5, 5.41) is 0. The van der Waals surface area contributed by atoms with Gasteiger partial charge in [-0.3, -0.25) is 9.78 Å². The van der Waals surface area contributed by atoms with Gasteiger partial charge in [0, 0.05) is 57.3 Å². The molecule has 2 aromatic heterocycles. The minimum atomic E-state index is 0.205. The molecule has 25 heavy (non-hydrogen) atoms. The predicted molar refractivity (Wildman–Crippen MR) is 94.4 cm³/mol. The number of hydrogen-bond donors (Lipinski definition) is 0. The van der Waals surface area contributed by atoms with Crippen molar-refractivity contribution in [3.8, 4) is 0 Å². The molecule has 1 aliphatic carbocycles. The van der Waals surface area contributed by atoms with E-state index in [1.54, 1.807) is 18.6 Å². The van der Waals surface area contributed by atoms with Crippen LogP contribution in [0.2, 0.25) is 0 Å². The van der Waals surface area contributed by atoms with Gasteiger partial charge in [0.2, 0.25) is 5.91 Å². The first-order chi connectivity index (χ1) is 12.2. The van der Waals surface area contributed by atoms with Crippen molar-refractivity contribution in [2.45, 2.75) is 32.1 Å². The van der Waals surface area contributed by atoms with Crippen LogP contribution >= 0.6 is 0 Å². The number of rotatable bonds is 5. The molecule has 6 heteroatoms. The molecular formula is C19H24N4O2. The molecule has 0 bridgehead atoms. The Morgan fingerprint density at radius 1 is 1.24 bits per heavy atom. The van der Waals surface area contributed by atoms with Crippen molar-refractivity contribution in [1.29, 1.82) is 0 Å². The van der Waals surface area contributed by atoms with E-state index in [1.807, 2.05) is 11.0 Å². The van der Waals surface area contributed by atoms with Crippen LogP contribution in [0.3, 0.4) is 0 Å². The molecule has 2 aliphatic rings. The summed E-state index contributed by atoms with van der Waals surface area (Å²) in [5.41, 5.74) is 0. The first kappa shape index (κ1) is 16.1. The van der Waals surface area contributed by atoms with Gasteiger partial charge in [0.1, 0.15) is 17.3 Å². The van der Waals surface area contributed by atoms with Crippen LogP contribution in [0.15, 0.2) is 35.1 Å². The highest BCUT2D eigenvalue weighted by Crippen LogP contribution is 2.47. The average Bonchev–Trinajstić information content (AvgIpc) is 3.20. The summed E-state index contributed by atoms with van der Waals surface area (Å²) in [4.78, 5) is 25.0. The van der Waals surface area contributed by atoms with Gasteiger partial charge >= 0.3 is 0 Å². The Balaban J connectivity index is 1.24. The van der Waals surface area contributed by atoms with Gasteiger partial charge in [0.05, 0.1) is 6.20 Å². The zero-order chi connectivity index (χ0) is 17.2. The molecule has 0 spiro atoms. The van der Waals surface area contributed by atoms with Crippen molar-refractivity contribution in [3.63, 3.8) is 0 Å². The second-order valence-corrected chi connectivity index (χ2v) is 7.06. The lowest BCUT2D eigenvalue weighted by molar-refractivity contribution is -0.131. The van der Waals surface area contributed by atoms with Crippen LogP contribution < -0.4 is 4.90 Å². The highest BCUT2D eigenvalue weighted by atomic mass is 16.3. The molecule has 1 amide bonds. The standard InChI is InChI=1S/C19H24N4O2/c1-14-12-16(14)17-4-2-15(25-17)3-5-19(24)23-10-8-22(9-11-23)18-13-20-6-7-21-18/h2,4,6-7,13-14,16H,3,5,8-12H2,1H3/t14-,16+/m1/s1. The van der Waals surface area contributed by atoms with E-state index in [0.717, 1.165) is 49.4 Å². The van der Waals surface area contributed by atoms with E-state index < -0.39 is 0 Å². The molecule has 6 nitrogen and oxygen atoms in total. The smallest absolute Gasteiger partial charge is 0.223 e. The number of hydrogen-bond acceptors (Lipinski definition) is 5. The Labute approximate surface area is 147 Å². The number of aromatic nitrogens is 2. The quantitative estimate of drug-likeness (QED) is 0.837. The van der Waals surface area contributed by atoms with Crippen molar-refractivity contribution < 1.29 is 9.21 Å². The van der Waals surface area contributed by atoms with Gasteiger partial charge in [0.15, 0.2) is 0 Å². The summed E-state index contributed by atoms with van der Waals surface area (Å²) in [7, 11) is 0. The highest BCUT2D eigenvalue weighted by molar-refractivity contribution is 5.76.